The molecule has 4 atom stereocenters. The largest absolute Gasteiger partial charge is 0.496 e. The number of rotatable bonds is 8. The number of nitrogens with one attached hydrogen (secondary N) is 2. The van der Waals surface area contributed by atoms with Gasteiger partial charge in [-0.3, -0.25) is 14.4 Å². The van der Waals surface area contributed by atoms with Crippen LogP contribution >= 0.6 is 0 Å². The normalized spacial score (nSPS) is 26.6. The van der Waals surface area contributed by atoms with Crippen LogP contribution in [0.5, 0.6) is 11.5 Å². The number of fused-ring (bicyclic) bond motifs is 2. The summed E-state index contributed by atoms with van der Waals surface area (Å²) in [6, 6.07) is 3.34. The van der Waals surface area contributed by atoms with Crippen molar-refractivity contribution in [3.8, 4) is 11.5 Å². The van der Waals surface area contributed by atoms with Crippen molar-refractivity contribution in [2.75, 3.05) is 12.4 Å². The highest BCUT2D eigenvalue weighted by Gasteiger charge is 2.51. The van der Waals surface area contributed by atoms with E-state index in [4.69, 9.17) is 9.47 Å². The minimum Gasteiger partial charge on any atom is -0.496 e. The number of hydrogen-bond acceptors (Lipinski definition) is 5. The number of hydrogen-bond donors (Lipinski definition) is 3. The van der Waals surface area contributed by atoms with Crippen LogP contribution in [0.1, 0.15) is 60.9 Å². The zero-order valence-electron chi connectivity index (χ0n) is 23.2. The molecular formula is C30H31F5N2O6. The lowest BCUT2D eigenvalue weighted by atomic mass is 9.83. The Labute approximate surface area is 243 Å². The van der Waals surface area contributed by atoms with Gasteiger partial charge in [-0.1, -0.05) is 0 Å². The van der Waals surface area contributed by atoms with Crippen LogP contribution in [0.2, 0.25) is 0 Å². The molecule has 2 aromatic carbocycles. The molecule has 13 heteroatoms. The average Bonchev–Trinajstić information content (AvgIpc) is 3.55. The molecule has 3 N–H and O–H groups in total. The summed E-state index contributed by atoms with van der Waals surface area (Å²) in [7, 11) is 1.27. The summed E-state index contributed by atoms with van der Waals surface area (Å²) in [5.41, 5.74) is -1.62. The van der Waals surface area contributed by atoms with Gasteiger partial charge in [0, 0.05) is 17.8 Å². The van der Waals surface area contributed by atoms with Crippen molar-refractivity contribution in [3.05, 3.63) is 53.1 Å². The van der Waals surface area contributed by atoms with Crippen LogP contribution in [0.4, 0.5) is 27.6 Å². The summed E-state index contributed by atoms with van der Waals surface area (Å²) in [6.45, 7) is 0. The van der Waals surface area contributed by atoms with E-state index in [1.807, 2.05) is 0 Å². The monoisotopic (exact) mass is 610 g/mol. The number of methoxy groups -OCH3 is 1. The van der Waals surface area contributed by atoms with Gasteiger partial charge in [0.25, 0.3) is 5.91 Å². The summed E-state index contributed by atoms with van der Waals surface area (Å²) < 4.78 is 79.4. The molecule has 0 radical (unpaired) electrons. The minimum absolute atomic E-state index is 0.0417. The van der Waals surface area contributed by atoms with Crippen LogP contribution in [0.3, 0.4) is 0 Å². The Morgan fingerprint density at radius 1 is 0.907 bits per heavy atom. The highest BCUT2D eigenvalue weighted by Crippen LogP contribution is 2.49. The van der Waals surface area contributed by atoms with Gasteiger partial charge in [0.15, 0.2) is 11.6 Å². The topological polar surface area (TPSA) is 114 Å². The predicted octanol–water partition coefficient (Wildman–Crippen LogP) is 5.80. The third kappa shape index (κ3) is 6.54. The maximum absolute atomic E-state index is 14.9. The van der Waals surface area contributed by atoms with Crippen molar-refractivity contribution in [2.24, 2.45) is 23.7 Å². The summed E-state index contributed by atoms with van der Waals surface area (Å²) >= 11 is 0. The SMILES string of the molecule is COc1cc(F)c(O[C@H]2CC[C@@H](C(=O)O)CC2)cc1C(=O)N[C@@H]1[C@H]2CC[C@H](C2)[C@@H]1C(=O)Nc1cc(F)cc(C(F)(F)F)c1. The van der Waals surface area contributed by atoms with Gasteiger partial charge in [0.05, 0.1) is 36.2 Å². The number of aliphatic carboxylic acids is 1. The van der Waals surface area contributed by atoms with Crippen LogP contribution in [-0.2, 0) is 15.8 Å². The Kier molecular flexibility index (Phi) is 8.53. The second kappa shape index (κ2) is 12.0. The minimum atomic E-state index is -4.81. The number of carboxylic acids is 1. The van der Waals surface area contributed by atoms with Gasteiger partial charge in [0.1, 0.15) is 11.6 Å². The Morgan fingerprint density at radius 3 is 2.26 bits per heavy atom. The first-order valence-corrected chi connectivity index (χ1v) is 14.1. The third-order valence-electron chi connectivity index (χ3n) is 8.83. The Morgan fingerprint density at radius 2 is 1.60 bits per heavy atom. The van der Waals surface area contributed by atoms with E-state index in [2.05, 4.69) is 10.6 Å². The molecular weight excluding hydrogens is 579 g/mol. The van der Waals surface area contributed by atoms with E-state index in [0.717, 1.165) is 18.6 Å². The van der Waals surface area contributed by atoms with E-state index in [1.54, 1.807) is 0 Å². The molecule has 0 unspecified atom stereocenters. The molecule has 43 heavy (non-hydrogen) atoms. The second-order valence-electron chi connectivity index (χ2n) is 11.5. The molecule has 3 aliphatic carbocycles. The van der Waals surface area contributed by atoms with Crippen LogP contribution in [-0.4, -0.2) is 42.1 Å². The molecule has 8 nitrogen and oxygen atoms in total. The zero-order valence-corrected chi connectivity index (χ0v) is 23.2. The lowest BCUT2D eigenvalue weighted by molar-refractivity contribution is -0.143. The van der Waals surface area contributed by atoms with E-state index < -0.39 is 65.1 Å². The van der Waals surface area contributed by atoms with Crippen molar-refractivity contribution in [1.82, 2.24) is 5.32 Å². The Balaban J connectivity index is 1.32. The number of anilines is 1. The molecule has 2 aromatic rings. The maximum Gasteiger partial charge on any atom is 0.416 e. The standard InChI is InChI=1S/C30H31F5N2O6/c1-42-23-13-22(32)24(43-20-6-4-14(5-7-20)29(40)41)12-21(23)27(38)37-26-16-3-2-15(8-16)25(26)28(39)36-19-10-17(30(33,34)35)9-18(31)11-19/h9-16,20,25-26H,2-8H2,1H3,(H,36,39)(H,37,38)(H,40,41)/t14-,15-,16+,20+,25+,26-/m1/s1. The molecule has 0 heterocycles. The van der Waals surface area contributed by atoms with Crippen molar-refractivity contribution in [1.29, 1.82) is 0 Å². The van der Waals surface area contributed by atoms with Gasteiger partial charge in [-0.15, -0.1) is 0 Å². The second-order valence-corrected chi connectivity index (χ2v) is 11.5. The molecule has 0 spiro atoms. The van der Waals surface area contributed by atoms with Crippen LogP contribution in [0.25, 0.3) is 0 Å². The molecule has 2 bridgehead atoms. The number of alkyl halides is 3. The summed E-state index contributed by atoms with van der Waals surface area (Å²) in [5, 5.41) is 14.5. The van der Waals surface area contributed by atoms with Crippen LogP contribution in [0, 0.1) is 35.3 Å². The number of amides is 2. The zero-order chi connectivity index (χ0) is 31.1. The van der Waals surface area contributed by atoms with E-state index in [1.165, 1.54) is 13.2 Å². The molecule has 0 saturated heterocycles. The molecule has 232 valence electrons. The molecule has 5 rings (SSSR count). The van der Waals surface area contributed by atoms with Gasteiger partial charge in [-0.25, -0.2) is 8.78 Å². The first-order chi connectivity index (χ1) is 20.3. The third-order valence-corrected chi connectivity index (χ3v) is 8.83. The highest BCUT2D eigenvalue weighted by molar-refractivity contribution is 5.99. The summed E-state index contributed by atoms with van der Waals surface area (Å²) in [6.07, 6.45) is -1.64. The first-order valence-electron chi connectivity index (χ1n) is 14.1. The molecule has 3 aliphatic rings. The fraction of sp³-hybridized carbons (Fsp3) is 0.500. The number of carboxylic acid groups (broad SMARTS) is 1. The molecule has 3 fully saturated rings. The van der Waals surface area contributed by atoms with Crippen molar-refractivity contribution < 1.29 is 50.9 Å². The lowest BCUT2D eigenvalue weighted by Gasteiger charge is -2.31. The van der Waals surface area contributed by atoms with Crippen molar-refractivity contribution in [3.63, 3.8) is 0 Å². The smallest absolute Gasteiger partial charge is 0.416 e. The van der Waals surface area contributed by atoms with Gasteiger partial charge in [-0.05, 0) is 81.0 Å². The number of benzene rings is 2. The van der Waals surface area contributed by atoms with Gasteiger partial charge in [0.2, 0.25) is 5.91 Å². The van der Waals surface area contributed by atoms with E-state index in [-0.39, 0.29) is 34.6 Å². The van der Waals surface area contributed by atoms with Crippen LogP contribution in [0.15, 0.2) is 30.3 Å². The number of carbonyl (C=O) groups is 3. The first kappa shape index (κ1) is 30.6. The predicted molar refractivity (Wildman–Crippen MR) is 143 cm³/mol. The van der Waals surface area contributed by atoms with Gasteiger partial charge >= 0.3 is 12.1 Å². The Hall–Kier alpha value is -3.90. The fourth-order valence-electron chi connectivity index (χ4n) is 6.74. The van der Waals surface area contributed by atoms with E-state index in [0.29, 0.717) is 50.7 Å². The molecule has 3 saturated carbocycles. The molecule has 0 aromatic heterocycles. The number of carbonyl (C=O) groups excluding carboxylic acids is 2. The molecule has 2 amide bonds. The number of halogens is 5. The van der Waals surface area contributed by atoms with Gasteiger partial charge in [-0.2, -0.15) is 13.2 Å². The Bertz CT molecular complexity index is 1410. The summed E-state index contributed by atoms with van der Waals surface area (Å²) in [5.74, 6) is -5.84. The van der Waals surface area contributed by atoms with Gasteiger partial charge < -0.3 is 25.2 Å². The average molecular weight is 611 g/mol. The van der Waals surface area contributed by atoms with Crippen molar-refractivity contribution >= 4 is 23.5 Å². The number of ether oxygens (including phenoxy) is 2. The lowest BCUT2D eigenvalue weighted by Crippen LogP contribution is -2.48. The summed E-state index contributed by atoms with van der Waals surface area (Å²) in [4.78, 5) is 38.1. The van der Waals surface area contributed by atoms with Crippen LogP contribution < -0.4 is 20.1 Å². The molecule has 0 aliphatic heterocycles. The fourth-order valence-corrected chi connectivity index (χ4v) is 6.74. The van der Waals surface area contributed by atoms with E-state index >= 15 is 0 Å². The van der Waals surface area contributed by atoms with Crippen molar-refractivity contribution in [2.45, 2.75) is 63.3 Å². The quantitative estimate of drug-likeness (QED) is 0.326. The highest BCUT2D eigenvalue weighted by atomic mass is 19.4. The van der Waals surface area contributed by atoms with E-state index in [9.17, 15) is 41.4 Å². The maximum atomic E-state index is 14.9.